The Bertz CT molecular complexity index is 353. The van der Waals surface area contributed by atoms with Crippen molar-refractivity contribution in [3.8, 4) is 0 Å². The summed E-state index contributed by atoms with van der Waals surface area (Å²) < 4.78 is 1.22. The van der Waals surface area contributed by atoms with Crippen LogP contribution in [0, 0.1) is 0 Å². The molecule has 2 rings (SSSR count). The molecule has 2 nitrogen and oxygen atoms in total. The van der Waals surface area contributed by atoms with Crippen molar-refractivity contribution in [3.05, 3.63) is 20.8 Å². The van der Waals surface area contributed by atoms with Crippen LogP contribution >= 0.6 is 27.3 Å². The fourth-order valence-corrected chi connectivity index (χ4v) is 3.91. The minimum Gasteiger partial charge on any atom is -0.311 e. The highest BCUT2D eigenvalue weighted by atomic mass is 79.9. The Hall–Kier alpha value is 0.1000. The summed E-state index contributed by atoms with van der Waals surface area (Å²) in [5.41, 5.74) is 0. The third kappa shape index (κ3) is 3.53. The van der Waals surface area contributed by atoms with Gasteiger partial charge in [0.15, 0.2) is 0 Å². The van der Waals surface area contributed by atoms with Crippen molar-refractivity contribution in [1.29, 1.82) is 0 Å². The number of hydrogen-bond donors (Lipinski definition) is 1. The first kappa shape index (κ1) is 13.5. The topological polar surface area (TPSA) is 15.3 Å². The molecule has 0 radical (unpaired) electrons. The molecule has 0 aromatic carbocycles. The predicted molar refractivity (Wildman–Crippen MR) is 78.6 cm³/mol. The van der Waals surface area contributed by atoms with Gasteiger partial charge >= 0.3 is 0 Å². The van der Waals surface area contributed by atoms with E-state index in [1.54, 1.807) is 0 Å². The average molecular weight is 317 g/mol. The van der Waals surface area contributed by atoms with Crippen LogP contribution in [0.2, 0.25) is 0 Å². The molecule has 1 N–H and O–H groups in total. The number of rotatable bonds is 4. The molecule has 1 aromatic heterocycles. The molecule has 1 aliphatic rings. The molecule has 1 aliphatic heterocycles. The van der Waals surface area contributed by atoms with Crippen LogP contribution in [0.25, 0.3) is 0 Å². The van der Waals surface area contributed by atoms with Crippen molar-refractivity contribution in [2.75, 3.05) is 13.1 Å². The van der Waals surface area contributed by atoms with Crippen LogP contribution in [0.15, 0.2) is 15.9 Å². The number of halogens is 1. The Balaban J connectivity index is 2.00. The third-order valence-corrected chi connectivity index (χ3v) is 5.24. The van der Waals surface area contributed by atoms with E-state index in [9.17, 15) is 0 Å². The van der Waals surface area contributed by atoms with Gasteiger partial charge in [-0.05, 0) is 34.8 Å². The molecule has 96 valence electrons. The van der Waals surface area contributed by atoms with Gasteiger partial charge in [-0.2, -0.15) is 0 Å². The maximum atomic E-state index is 3.64. The maximum absolute atomic E-state index is 3.64. The Morgan fingerprint density at radius 2 is 2.29 bits per heavy atom. The summed E-state index contributed by atoms with van der Waals surface area (Å²) in [5.74, 6) is 0. The molecule has 0 amide bonds. The lowest BCUT2D eigenvalue weighted by molar-refractivity contribution is 0.118. The van der Waals surface area contributed by atoms with Gasteiger partial charge in [-0.1, -0.05) is 13.8 Å². The van der Waals surface area contributed by atoms with E-state index in [0.29, 0.717) is 12.1 Å². The highest BCUT2D eigenvalue weighted by Gasteiger charge is 2.25. The largest absolute Gasteiger partial charge is 0.311 e. The number of hydrogen-bond acceptors (Lipinski definition) is 3. The van der Waals surface area contributed by atoms with Gasteiger partial charge in [-0.15, -0.1) is 11.3 Å². The molecule has 0 spiro atoms. The van der Waals surface area contributed by atoms with Crippen molar-refractivity contribution in [1.82, 2.24) is 10.2 Å². The molecular weight excluding hydrogens is 296 g/mol. The summed E-state index contributed by atoms with van der Waals surface area (Å²) >= 11 is 5.39. The van der Waals surface area contributed by atoms with Crippen LogP contribution < -0.4 is 5.32 Å². The van der Waals surface area contributed by atoms with Gasteiger partial charge in [0.2, 0.25) is 0 Å². The van der Waals surface area contributed by atoms with Crippen LogP contribution in [-0.4, -0.2) is 30.1 Å². The van der Waals surface area contributed by atoms with Crippen LogP contribution in [0.5, 0.6) is 0 Å². The quantitative estimate of drug-likeness (QED) is 0.915. The zero-order chi connectivity index (χ0) is 12.3. The van der Waals surface area contributed by atoms with Crippen molar-refractivity contribution in [2.45, 2.75) is 45.3 Å². The van der Waals surface area contributed by atoms with E-state index in [1.165, 1.54) is 28.7 Å². The summed E-state index contributed by atoms with van der Waals surface area (Å²) in [6.45, 7) is 7.98. The minimum absolute atomic E-state index is 0.668. The van der Waals surface area contributed by atoms with Crippen LogP contribution in [0.1, 0.15) is 31.6 Å². The zero-order valence-electron chi connectivity index (χ0n) is 10.6. The van der Waals surface area contributed by atoms with Crippen LogP contribution in [0.3, 0.4) is 0 Å². The third-order valence-electron chi connectivity index (χ3n) is 3.56. The predicted octanol–water partition coefficient (Wildman–Crippen LogP) is 3.47. The van der Waals surface area contributed by atoms with Crippen LogP contribution in [-0.2, 0) is 6.54 Å². The monoisotopic (exact) mass is 316 g/mol. The molecule has 0 saturated carbocycles. The Labute approximate surface area is 117 Å². The number of nitrogens with zero attached hydrogens (tertiary/aromatic N) is 1. The second-order valence-corrected chi connectivity index (χ2v) is 6.65. The number of piperazine rings is 1. The Kier molecular flexibility index (Phi) is 5.03. The van der Waals surface area contributed by atoms with Crippen LogP contribution in [0.4, 0.5) is 0 Å². The summed E-state index contributed by atoms with van der Waals surface area (Å²) in [4.78, 5) is 4.11. The van der Waals surface area contributed by atoms with Gasteiger partial charge in [0, 0.05) is 46.4 Å². The normalized spacial score (nSPS) is 26.3. The van der Waals surface area contributed by atoms with E-state index in [1.807, 2.05) is 11.3 Å². The second kappa shape index (κ2) is 6.32. The van der Waals surface area contributed by atoms with Crippen molar-refractivity contribution in [3.63, 3.8) is 0 Å². The van der Waals surface area contributed by atoms with Crippen molar-refractivity contribution < 1.29 is 0 Å². The van der Waals surface area contributed by atoms with E-state index in [2.05, 4.69) is 51.4 Å². The standard InChI is InChI=1S/C13H21BrN2S/c1-3-11-7-16(12(4-2)6-15-11)8-13-5-10(14)9-17-13/h5,9,11-12,15H,3-4,6-8H2,1-2H3. The highest BCUT2D eigenvalue weighted by molar-refractivity contribution is 9.10. The minimum atomic E-state index is 0.668. The molecule has 0 aliphatic carbocycles. The average Bonchev–Trinajstić information content (AvgIpc) is 2.74. The van der Waals surface area contributed by atoms with E-state index in [4.69, 9.17) is 0 Å². The van der Waals surface area contributed by atoms with Gasteiger partial charge in [-0.3, -0.25) is 4.90 Å². The second-order valence-electron chi connectivity index (χ2n) is 4.74. The lowest BCUT2D eigenvalue weighted by atomic mass is 10.1. The molecule has 0 bridgehead atoms. The van der Waals surface area contributed by atoms with Gasteiger partial charge in [0.25, 0.3) is 0 Å². The lowest BCUT2D eigenvalue weighted by Gasteiger charge is -2.39. The molecule has 2 unspecified atom stereocenters. The van der Waals surface area contributed by atoms with Gasteiger partial charge in [-0.25, -0.2) is 0 Å². The van der Waals surface area contributed by atoms with Gasteiger partial charge in [0.05, 0.1) is 0 Å². The summed E-state index contributed by atoms with van der Waals surface area (Å²) in [6.07, 6.45) is 2.46. The first-order valence-corrected chi connectivity index (χ1v) is 8.10. The van der Waals surface area contributed by atoms with E-state index in [0.717, 1.165) is 13.1 Å². The van der Waals surface area contributed by atoms with E-state index in [-0.39, 0.29) is 0 Å². The Morgan fingerprint density at radius 1 is 1.47 bits per heavy atom. The van der Waals surface area contributed by atoms with E-state index < -0.39 is 0 Å². The molecule has 1 fully saturated rings. The molecular formula is C13H21BrN2S. The smallest absolute Gasteiger partial charge is 0.0332 e. The first-order chi connectivity index (χ1) is 8.22. The zero-order valence-corrected chi connectivity index (χ0v) is 13.0. The van der Waals surface area contributed by atoms with Crippen molar-refractivity contribution in [2.24, 2.45) is 0 Å². The lowest BCUT2D eigenvalue weighted by Crippen LogP contribution is -2.55. The van der Waals surface area contributed by atoms with Gasteiger partial charge in [0.1, 0.15) is 0 Å². The molecule has 2 heterocycles. The SMILES string of the molecule is CCC1CN(Cc2cc(Br)cs2)C(CC)CN1. The summed E-state index contributed by atoms with van der Waals surface area (Å²) in [5, 5.41) is 5.82. The first-order valence-electron chi connectivity index (χ1n) is 6.43. The molecule has 17 heavy (non-hydrogen) atoms. The van der Waals surface area contributed by atoms with E-state index >= 15 is 0 Å². The molecule has 1 saturated heterocycles. The number of nitrogens with one attached hydrogen (secondary N) is 1. The molecule has 1 aromatic rings. The van der Waals surface area contributed by atoms with Gasteiger partial charge < -0.3 is 5.32 Å². The molecule has 2 atom stereocenters. The maximum Gasteiger partial charge on any atom is 0.0332 e. The molecule has 4 heteroatoms. The number of thiophene rings is 1. The Morgan fingerprint density at radius 3 is 2.88 bits per heavy atom. The summed E-state index contributed by atoms with van der Waals surface area (Å²) in [6, 6.07) is 3.61. The fourth-order valence-electron chi connectivity index (χ4n) is 2.44. The summed E-state index contributed by atoms with van der Waals surface area (Å²) in [7, 11) is 0. The fraction of sp³-hybridized carbons (Fsp3) is 0.692. The highest BCUT2D eigenvalue weighted by Crippen LogP contribution is 2.23. The van der Waals surface area contributed by atoms with Crippen molar-refractivity contribution >= 4 is 27.3 Å².